The SMILES string of the molecule is NC(=O)CC[C@H](NC(=O)CCC1CCCC1)C(=O)NCC1([C@@H](O)c2ccccc2)CC1. The van der Waals surface area contributed by atoms with Crippen LogP contribution in [0.5, 0.6) is 0 Å². The molecule has 0 bridgehead atoms. The van der Waals surface area contributed by atoms with Crippen LogP contribution in [-0.4, -0.2) is 35.4 Å². The molecule has 0 aliphatic heterocycles. The van der Waals surface area contributed by atoms with Gasteiger partial charge in [-0.2, -0.15) is 0 Å². The summed E-state index contributed by atoms with van der Waals surface area (Å²) in [6.07, 6.45) is 7.22. The number of hydrogen-bond donors (Lipinski definition) is 4. The number of nitrogens with one attached hydrogen (secondary N) is 2. The minimum absolute atomic E-state index is 0.0266. The second-order valence-corrected chi connectivity index (χ2v) is 9.21. The second-order valence-electron chi connectivity index (χ2n) is 9.21. The van der Waals surface area contributed by atoms with Crippen molar-refractivity contribution in [2.24, 2.45) is 17.1 Å². The standard InChI is InChI=1S/C24H35N3O4/c25-20(28)12-11-19(27-21(29)13-10-17-6-4-5-7-17)23(31)26-16-24(14-15-24)22(30)18-8-2-1-3-9-18/h1-3,8-9,17,19,22,30H,4-7,10-16H2,(H2,25,28)(H,26,31)(H,27,29)/t19-,22-/m0/s1. The first kappa shape index (κ1) is 23.3. The van der Waals surface area contributed by atoms with Gasteiger partial charge in [0.25, 0.3) is 0 Å². The Morgan fingerprint density at radius 2 is 1.77 bits per heavy atom. The van der Waals surface area contributed by atoms with E-state index >= 15 is 0 Å². The van der Waals surface area contributed by atoms with Crippen LogP contribution < -0.4 is 16.4 Å². The first-order valence-corrected chi connectivity index (χ1v) is 11.5. The molecule has 2 atom stereocenters. The van der Waals surface area contributed by atoms with Gasteiger partial charge < -0.3 is 21.5 Å². The second kappa shape index (κ2) is 10.8. The molecule has 31 heavy (non-hydrogen) atoms. The summed E-state index contributed by atoms with van der Waals surface area (Å²) < 4.78 is 0. The quantitative estimate of drug-likeness (QED) is 0.407. The maximum atomic E-state index is 12.8. The molecular weight excluding hydrogens is 394 g/mol. The van der Waals surface area contributed by atoms with Gasteiger partial charge in [-0.1, -0.05) is 56.0 Å². The molecule has 3 amide bonds. The van der Waals surface area contributed by atoms with Crippen molar-refractivity contribution in [1.82, 2.24) is 10.6 Å². The average molecular weight is 430 g/mol. The van der Waals surface area contributed by atoms with E-state index in [0.29, 0.717) is 18.9 Å². The van der Waals surface area contributed by atoms with Crippen LogP contribution in [0.25, 0.3) is 0 Å². The predicted molar refractivity (Wildman–Crippen MR) is 118 cm³/mol. The number of primary amides is 1. The zero-order valence-corrected chi connectivity index (χ0v) is 18.1. The molecule has 1 aromatic rings. The number of nitrogens with two attached hydrogens (primary N) is 1. The van der Waals surface area contributed by atoms with E-state index in [9.17, 15) is 19.5 Å². The van der Waals surface area contributed by atoms with E-state index in [4.69, 9.17) is 5.73 Å². The summed E-state index contributed by atoms with van der Waals surface area (Å²) in [7, 11) is 0. The Morgan fingerprint density at radius 1 is 1.10 bits per heavy atom. The van der Waals surface area contributed by atoms with Gasteiger partial charge in [0.1, 0.15) is 6.04 Å². The van der Waals surface area contributed by atoms with E-state index in [1.54, 1.807) is 0 Å². The van der Waals surface area contributed by atoms with Crippen LogP contribution in [0.2, 0.25) is 0 Å². The topological polar surface area (TPSA) is 122 Å². The zero-order chi connectivity index (χ0) is 22.3. The molecule has 5 N–H and O–H groups in total. The van der Waals surface area contributed by atoms with E-state index in [-0.39, 0.29) is 30.1 Å². The van der Waals surface area contributed by atoms with Gasteiger partial charge >= 0.3 is 0 Å². The van der Waals surface area contributed by atoms with E-state index in [1.165, 1.54) is 25.7 Å². The normalized spacial score (nSPS) is 19.4. The predicted octanol–water partition coefficient (Wildman–Crippen LogP) is 2.34. The van der Waals surface area contributed by atoms with E-state index in [2.05, 4.69) is 10.6 Å². The Labute approximate surface area is 184 Å². The Hall–Kier alpha value is -2.41. The molecular formula is C24H35N3O4. The van der Waals surface area contributed by atoms with E-state index in [1.807, 2.05) is 30.3 Å². The van der Waals surface area contributed by atoms with Crippen molar-refractivity contribution in [3.05, 3.63) is 35.9 Å². The van der Waals surface area contributed by atoms with Crippen LogP contribution in [0, 0.1) is 11.3 Å². The molecule has 1 aromatic carbocycles. The highest BCUT2D eigenvalue weighted by molar-refractivity contribution is 5.88. The molecule has 3 rings (SSSR count). The summed E-state index contributed by atoms with van der Waals surface area (Å²) in [6.45, 7) is 0.326. The minimum Gasteiger partial charge on any atom is -0.388 e. The largest absolute Gasteiger partial charge is 0.388 e. The molecule has 2 aliphatic carbocycles. The lowest BCUT2D eigenvalue weighted by Crippen LogP contribution is -2.48. The van der Waals surface area contributed by atoms with Crippen LogP contribution in [-0.2, 0) is 14.4 Å². The Balaban J connectivity index is 1.52. The Morgan fingerprint density at radius 3 is 2.39 bits per heavy atom. The Bertz CT molecular complexity index is 757. The summed E-state index contributed by atoms with van der Waals surface area (Å²) in [5.41, 5.74) is 5.71. The first-order chi connectivity index (χ1) is 14.9. The van der Waals surface area contributed by atoms with Crippen molar-refractivity contribution >= 4 is 17.7 Å². The number of rotatable bonds is 12. The lowest BCUT2D eigenvalue weighted by molar-refractivity contribution is -0.130. The van der Waals surface area contributed by atoms with Gasteiger partial charge in [0.05, 0.1) is 6.10 Å². The van der Waals surface area contributed by atoms with Crippen LogP contribution in [0.1, 0.15) is 75.9 Å². The van der Waals surface area contributed by atoms with Crippen LogP contribution in [0.4, 0.5) is 0 Å². The molecule has 2 aliphatic rings. The number of carbonyl (C=O) groups is 3. The number of hydrogen-bond acceptors (Lipinski definition) is 4. The zero-order valence-electron chi connectivity index (χ0n) is 18.1. The van der Waals surface area contributed by atoms with Crippen LogP contribution in [0.3, 0.4) is 0 Å². The number of carbonyl (C=O) groups excluding carboxylic acids is 3. The molecule has 0 saturated heterocycles. The monoisotopic (exact) mass is 429 g/mol. The van der Waals surface area contributed by atoms with E-state index < -0.39 is 18.1 Å². The number of amides is 3. The average Bonchev–Trinajstić information content (AvgIpc) is 3.38. The highest BCUT2D eigenvalue weighted by Crippen LogP contribution is 2.54. The van der Waals surface area contributed by atoms with Gasteiger partial charge in [-0.05, 0) is 37.2 Å². The molecule has 0 heterocycles. The van der Waals surface area contributed by atoms with Gasteiger partial charge in [0.15, 0.2) is 0 Å². The van der Waals surface area contributed by atoms with Crippen LogP contribution in [0.15, 0.2) is 30.3 Å². The third-order valence-corrected chi connectivity index (χ3v) is 6.79. The maximum Gasteiger partial charge on any atom is 0.242 e. The van der Waals surface area contributed by atoms with Gasteiger partial charge in [0.2, 0.25) is 17.7 Å². The molecule has 7 heteroatoms. The van der Waals surface area contributed by atoms with Gasteiger partial charge in [-0.3, -0.25) is 14.4 Å². The first-order valence-electron chi connectivity index (χ1n) is 11.5. The number of benzene rings is 1. The molecule has 0 unspecified atom stereocenters. The fourth-order valence-electron chi connectivity index (χ4n) is 4.54. The molecule has 2 fully saturated rings. The van der Waals surface area contributed by atoms with E-state index in [0.717, 1.165) is 24.8 Å². The number of aliphatic hydroxyl groups is 1. The summed E-state index contributed by atoms with van der Waals surface area (Å²) in [5.74, 6) is -0.405. The van der Waals surface area contributed by atoms with Gasteiger partial charge in [0, 0.05) is 24.8 Å². The van der Waals surface area contributed by atoms with Gasteiger partial charge in [-0.25, -0.2) is 0 Å². The molecule has 170 valence electrons. The third-order valence-electron chi connectivity index (χ3n) is 6.79. The lowest BCUT2D eigenvalue weighted by atomic mass is 9.92. The van der Waals surface area contributed by atoms with Gasteiger partial charge in [-0.15, -0.1) is 0 Å². The lowest BCUT2D eigenvalue weighted by Gasteiger charge is -2.25. The third kappa shape index (κ3) is 6.79. The summed E-state index contributed by atoms with van der Waals surface area (Å²) in [6, 6.07) is 8.63. The highest BCUT2D eigenvalue weighted by Gasteiger charge is 2.49. The van der Waals surface area contributed by atoms with Crippen molar-refractivity contribution in [2.45, 2.75) is 76.4 Å². The number of aliphatic hydroxyl groups excluding tert-OH is 1. The molecule has 7 nitrogen and oxygen atoms in total. The van der Waals surface area contributed by atoms with Crippen molar-refractivity contribution < 1.29 is 19.5 Å². The van der Waals surface area contributed by atoms with Crippen molar-refractivity contribution in [3.8, 4) is 0 Å². The van der Waals surface area contributed by atoms with Crippen molar-refractivity contribution in [3.63, 3.8) is 0 Å². The smallest absolute Gasteiger partial charge is 0.242 e. The summed E-state index contributed by atoms with van der Waals surface area (Å²) in [4.78, 5) is 36.5. The fourth-order valence-corrected chi connectivity index (χ4v) is 4.54. The van der Waals surface area contributed by atoms with Crippen molar-refractivity contribution in [2.75, 3.05) is 6.54 Å². The van der Waals surface area contributed by atoms with Crippen LogP contribution >= 0.6 is 0 Å². The van der Waals surface area contributed by atoms with Crippen molar-refractivity contribution in [1.29, 1.82) is 0 Å². The molecule has 0 radical (unpaired) electrons. The minimum atomic E-state index is -0.798. The summed E-state index contributed by atoms with van der Waals surface area (Å²) >= 11 is 0. The molecule has 0 aromatic heterocycles. The molecule has 0 spiro atoms. The maximum absolute atomic E-state index is 12.8. The highest BCUT2D eigenvalue weighted by atomic mass is 16.3. The Kier molecular flexibility index (Phi) is 8.07. The molecule has 2 saturated carbocycles. The fraction of sp³-hybridized carbons (Fsp3) is 0.625. The summed E-state index contributed by atoms with van der Waals surface area (Å²) in [5, 5.41) is 16.5.